The van der Waals surface area contributed by atoms with Gasteiger partial charge in [0.25, 0.3) is 5.91 Å². The molecule has 4 heteroatoms. The van der Waals surface area contributed by atoms with Crippen molar-refractivity contribution in [3.05, 3.63) is 68.6 Å². The minimum Gasteiger partial charge on any atom is -0.337 e. The maximum Gasteiger partial charge on any atom is 0.253 e. The lowest BCUT2D eigenvalue weighted by Gasteiger charge is -2.18. The first kappa shape index (κ1) is 14.3. The molecule has 0 aliphatic rings. The van der Waals surface area contributed by atoms with Crippen molar-refractivity contribution in [2.24, 2.45) is 0 Å². The summed E-state index contributed by atoms with van der Waals surface area (Å²) in [4.78, 5) is 14.0. The van der Waals surface area contributed by atoms with Crippen LogP contribution in [0.2, 0.25) is 0 Å². The zero-order valence-corrected chi connectivity index (χ0v) is 13.6. The Bertz CT molecular complexity index is 598. The third-order valence-electron chi connectivity index (χ3n) is 2.78. The highest BCUT2D eigenvalue weighted by Gasteiger charge is 2.13. The molecule has 0 aromatic heterocycles. The minimum atomic E-state index is 0.0112. The standard InChI is InChI=1S/C15H13Br2NO/c1-18(10-12-5-2-3-8-14(12)17)15(19)11-6-4-7-13(16)9-11/h2-9H,10H2,1H3. The van der Waals surface area contributed by atoms with Gasteiger partial charge in [0.15, 0.2) is 0 Å². The van der Waals surface area contributed by atoms with Crippen LogP contribution in [0.4, 0.5) is 0 Å². The van der Waals surface area contributed by atoms with Gasteiger partial charge in [-0.25, -0.2) is 0 Å². The van der Waals surface area contributed by atoms with E-state index in [4.69, 9.17) is 0 Å². The summed E-state index contributed by atoms with van der Waals surface area (Å²) in [6.07, 6.45) is 0. The first-order valence-corrected chi connectivity index (χ1v) is 7.41. The normalized spacial score (nSPS) is 10.3. The second kappa shape index (κ2) is 6.35. The summed E-state index contributed by atoms with van der Waals surface area (Å²) in [6.45, 7) is 0.576. The number of halogens is 2. The Morgan fingerprint density at radius 3 is 2.53 bits per heavy atom. The third-order valence-corrected chi connectivity index (χ3v) is 4.05. The summed E-state index contributed by atoms with van der Waals surface area (Å²) in [5.74, 6) is 0.0112. The molecular formula is C15H13Br2NO. The van der Waals surface area contributed by atoms with Crippen LogP contribution in [0.25, 0.3) is 0 Å². The molecule has 2 nitrogen and oxygen atoms in total. The van der Waals surface area contributed by atoms with Crippen molar-refractivity contribution in [3.8, 4) is 0 Å². The summed E-state index contributed by atoms with van der Waals surface area (Å²) >= 11 is 6.88. The van der Waals surface area contributed by atoms with Crippen LogP contribution < -0.4 is 0 Å². The molecule has 1 amide bonds. The van der Waals surface area contributed by atoms with Crippen molar-refractivity contribution in [1.29, 1.82) is 0 Å². The van der Waals surface area contributed by atoms with E-state index in [1.165, 1.54) is 0 Å². The number of rotatable bonds is 3. The van der Waals surface area contributed by atoms with Gasteiger partial charge in [0.1, 0.15) is 0 Å². The summed E-state index contributed by atoms with van der Waals surface area (Å²) in [6, 6.07) is 15.3. The lowest BCUT2D eigenvalue weighted by molar-refractivity contribution is 0.0785. The van der Waals surface area contributed by atoms with Gasteiger partial charge in [-0.3, -0.25) is 4.79 Å². The molecule has 0 spiro atoms. The van der Waals surface area contributed by atoms with E-state index in [2.05, 4.69) is 31.9 Å². The van der Waals surface area contributed by atoms with Gasteiger partial charge in [-0.05, 0) is 29.8 Å². The van der Waals surface area contributed by atoms with Crippen molar-refractivity contribution >= 4 is 37.8 Å². The van der Waals surface area contributed by atoms with Crippen LogP contribution in [0.1, 0.15) is 15.9 Å². The van der Waals surface area contributed by atoms with Crippen LogP contribution in [0, 0.1) is 0 Å². The van der Waals surface area contributed by atoms with Gasteiger partial charge in [-0.15, -0.1) is 0 Å². The topological polar surface area (TPSA) is 20.3 Å². The summed E-state index contributed by atoms with van der Waals surface area (Å²) in [5.41, 5.74) is 1.78. The monoisotopic (exact) mass is 381 g/mol. The van der Waals surface area contributed by atoms with Crippen LogP contribution in [-0.4, -0.2) is 17.9 Å². The molecule has 0 saturated carbocycles. The number of nitrogens with zero attached hydrogens (tertiary/aromatic N) is 1. The molecule has 0 unspecified atom stereocenters. The quantitative estimate of drug-likeness (QED) is 0.766. The Labute approximate surface area is 129 Å². The highest BCUT2D eigenvalue weighted by molar-refractivity contribution is 9.10. The zero-order chi connectivity index (χ0) is 13.8. The van der Waals surface area contributed by atoms with Gasteiger partial charge in [0.2, 0.25) is 0 Å². The van der Waals surface area contributed by atoms with E-state index >= 15 is 0 Å². The van der Waals surface area contributed by atoms with Gasteiger partial charge in [0, 0.05) is 28.1 Å². The van der Waals surface area contributed by atoms with Crippen LogP contribution >= 0.6 is 31.9 Å². The smallest absolute Gasteiger partial charge is 0.253 e. The Morgan fingerprint density at radius 2 is 1.84 bits per heavy atom. The zero-order valence-electron chi connectivity index (χ0n) is 10.4. The fourth-order valence-electron chi connectivity index (χ4n) is 1.80. The maximum atomic E-state index is 12.3. The average Bonchev–Trinajstić information content (AvgIpc) is 2.40. The largest absolute Gasteiger partial charge is 0.337 e. The second-order valence-corrected chi connectivity index (χ2v) is 6.03. The summed E-state index contributed by atoms with van der Waals surface area (Å²) < 4.78 is 1.93. The van der Waals surface area contributed by atoms with E-state index in [-0.39, 0.29) is 5.91 Å². The van der Waals surface area contributed by atoms with Crippen LogP contribution in [0.5, 0.6) is 0 Å². The van der Waals surface area contributed by atoms with E-state index in [0.29, 0.717) is 12.1 Å². The predicted octanol–water partition coefficient (Wildman–Crippen LogP) is 4.48. The molecule has 19 heavy (non-hydrogen) atoms. The lowest BCUT2D eigenvalue weighted by Crippen LogP contribution is -2.26. The molecule has 0 aliphatic heterocycles. The molecule has 2 rings (SSSR count). The van der Waals surface area contributed by atoms with Gasteiger partial charge in [-0.2, -0.15) is 0 Å². The molecule has 0 fully saturated rings. The highest BCUT2D eigenvalue weighted by Crippen LogP contribution is 2.19. The number of carbonyl (C=O) groups is 1. The fourth-order valence-corrected chi connectivity index (χ4v) is 2.61. The van der Waals surface area contributed by atoms with Crippen LogP contribution in [0.15, 0.2) is 57.5 Å². The van der Waals surface area contributed by atoms with E-state index < -0.39 is 0 Å². The van der Waals surface area contributed by atoms with Crippen LogP contribution in [0.3, 0.4) is 0 Å². The molecule has 0 radical (unpaired) electrons. The maximum absolute atomic E-state index is 12.3. The van der Waals surface area contributed by atoms with Crippen molar-refractivity contribution in [2.45, 2.75) is 6.54 Å². The molecule has 2 aromatic carbocycles. The van der Waals surface area contributed by atoms with Crippen LogP contribution in [-0.2, 0) is 6.54 Å². The molecule has 2 aromatic rings. The highest BCUT2D eigenvalue weighted by atomic mass is 79.9. The van der Waals surface area contributed by atoms with E-state index in [1.807, 2.05) is 55.6 Å². The molecule has 0 heterocycles. The van der Waals surface area contributed by atoms with Crippen molar-refractivity contribution in [3.63, 3.8) is 0 Å². The Balaban J connectivity index is 2.14. The van der Waals surface area contributed by atoms with Crippen molar-refractivity contribution in [2.75, 3.05) is 7.05 Å². The molecule has 0 bridgehead atoms. The minimum absolute atomic E-state index is 0.0112. The molecule has 0 saturated heterocycles. The van der Waals surface area contributed by atoms with Crippen molar-refractivity contribution < 1.29 is 4.79 Å². The van der Waals surface area contributed by atoms with Gasteiger partial charge >= 0.3 is 0 Å². The Hall–Kier alpha value is -1.13. The van der Waals surface area contributed by atoms with E-state index in [1.54, 1.807) is 4.90 Å². The molecule has 98 valence electrons. The Kier molecular flexibility index (Phi) is 4.77. The molecule has 0 atom stereocenters. The van der Waals surface area contributed by atoms with E-state index in [0.717, 1.165) is 14.5 Å². The van der Waals surface area contributed by atoms with E-state index in [9.17, 15) is 4.79 Å². The molecule has 0 aliphatic carbocycles. The lowest BCUT2D eigenvalue weighted by atomic mass is 10.1. The number of hydrogen-bond acceptors (Lipinski definition) is 1. The molecule has 0 N–H and O–H groups in total. The van der Waals surface area contributed by atoms with Gasteiger partial charge in [-0.1, -0.05) is 56.1 Å². The number of hydrogen-bond donors (Lipinski definition) is 0. The van der Waals surface area contributed by atoms with Crippen molar-refractivity contribution in [1.82, 2.24) is 4.90 Å². The second-order valence-electron chi connectivity index (χ2n) is 4.26. The number of amides is 1. The first-order chi connectivity index (χ1) is 9.08. The predicted molar refractivity (Wildman–Crippen MR) is 84.1 cm³/mol. The molecular weight excluding hydrogens is 370 g/mol. The summed E-state index contributed by atoms with van der Waals surface area (Å²) in [7, 11) is 1.81. The number of carbonyl (C=O) groups excluding carboxylic acids is 1. The SMILES string of the molecule is CN(Cc1ccccc1Br)C(=O)c1cccc(Br)c1. The number of benzene rings is 2. The third kappa shape index (κ3) is 3.67. The Morgan fingerprint density at radius 1 is 1.11 bits per heavy atom. The fraction of sp³-hybridized carbons (Fsp3) is 0.133. The average molecular weight is 383 g/mol. The summed E-state index contributed by atoms with van der Waals surface area (Å²) in [5, 5.41) is 0. The van der Waals surface area contributed by atoms with Gasteiger partial charge < -0.3 is 4.90 Å². The first-order valence-electron chi connectivity index (χ1n) is 5.82. The van der Waals surface area contributed by atoms with Gasteiger partial charge in [0.05, 0.1) is 0 Å².